The summed E-state index contributed by atoms with van der Waals surface area (Å²) in [5.74, 6) is -2.38. The Hall–Kier alpha value is -3.41. The number of carbonyl (C=O) groups excluding carboxylic acids is 2. The van der Waals surface area contributed by atoms with E-state index >= 15 is 0 Å². The summed E-state index contributed by atoms with van der Waals surface area (Å²) in [5, 5.41) is 10.7. The summed E-state index contributed by atoms with van der Waals surface area (Å²) in [6.07, 6.45) is 4.84. The van der Waals surface area contributed by atoms with Crippen molar-refractivity contribution < 1.29 is 28.2 Å². The molecule has 1 aromatic carbocycles. The van der Waals surface area contributed by atoms with E-state index in [1.807, 2.05) is 10.9 Å². The molecule has 0 amide bonds. The first kappa shape index (κ1) is 30.5. The van der Waals surface area contributed by atoms with Crippen molar-refractivity contribution in [1.82, 2.24) is 20.1 Å². The third-order valence-corrected chi connectivity index (χ3v) is 7.36. The van der Waals surface area contributed by atoms with Gasteiger partial charge in [-0.3, -0.25) is 9.48 Å². The highest BCUT2D eigenvalue weighted by molar-refractivity contribution is 6.36. The molecule has 0 radical (unpaired) electrons. The molecule has 1 saturated heterocycles. The number of hydrogen-bond acceptors (Lipinski definition) is 9. The van der Waals surface area contributed by atoms with Crippen LogP contribution in [0, 0.1) is 11.7 Å². The van der Waals surface area contributed by atoms with E-state index < -0.39 is 36.0 Å². The molecular weight excluding hydrogens is 576 g/mol. The molecule has 220 valence electrons. The van der Waals surface area contributed by atoms with Crippen molar-refractivity contribution in [2.45, 2.75) is 52.0 Å². The van der Waals surface area contributed by atoms with Crippen LogP contribution in [-0.4, -0.2) is 53.1 Å². The van der Waals surface area contributed by atoms with Gasteiger partial charge in [0.2, 0.25) is 0 Å². The Kier molecular flexibility index (Phi) is 10.1. The number of carbonyl (C=O) groups is 2. The number of esters is 2. The Labute approximate surface area is 247 Å². The molecular formula is C28H32Cl2FN5O5. The van der Waals surface area contributed by atoms with Crippen LogP contribution in [0.3, 0.4) is 0 Å². The van der Waals surface area contributed by atoms with Crippen LogP contribution in [0.15, 0.2) is 36.8 Å². The molecule has 0 saturated carbocycles. The molecule has 1 aliphatic heterocycles. The highest BCUT2D eigenvalue weighted by atomic mass is 35.5. The van der Waals surface area contributed by atoms with Crippen LogP contribution in [0.1, 0.15) is 51.3 Å². The van der Waals surface area contributed by atoms with Gasteiger partial charge in [0.1, 0.15) is 11.9 Å². The van der Waals surface area contributed by atoms with E-state index in [1.54, 1.807) is 39.2 Å². The van der Waals surface area contributed by atoms with Gasteiger partial charge in [0.15, 0.2) is 11.6 Å². The number of benzene rings is 1. The highest BCUT2D eigenvalue weighted by Gasteiger charge is 2.28. The van der Waals surface area contributed by atoms with Crippen molar-refractivity contribution in [2.24, 2.45) is 5.92 Å². The molecule has 2 N–H and O–H groups in total. The summed E-state index contributed by atoms with van der Waals surface area (Å²) >= 11 is 12.6. The van der Waals surface area contributed by atoms with Gasteiger partial charge in [-0.1, -0.05) is 37.0 Å². The molecule has 3 aromatic rings. The zero-order valence-electron chi connectivity index (χ0n) is 23.1. The monoisotopic (exact) mass is 607 g/mol. The number of halogens is 3. The SMILES string of the molecule is COC(=O)C(Nc1ncc(-c2cnn(C3CCNCC3)c2)cc1O[C@H](C)c1c(Cl)ccc(F)c1Cl)OC(=O)C(C)C. The van der Waals surface area contributed by atoms with E-state index in [0.29, 0.717) is 5.56 Å². The molecule has 0 aliphatic carbocycles. The third kappa shape index (κ3) is 7.27. The largest absolute Gasteiger partial charge is 0.482 e. The molecule has 1 fully saturated rings. The first-order valence-electron chi connectivity index (χ1n) is 13.2. The summed E-state index contributed by atoms with van der Waals surface area (Å²) in [6.45, 7) is 6.76. The second-order valence-electron chi connectivity index (χ2n) is 9.92. The van der Waals surface area contributed by atoms with Crippen molar-refractivity contribution in [3.63, 3.8) is 0 Å². The summed E-state index contributed by atoms with van der Waals surface area (Å²) in [5.41, 5.74) is 1.69. The fourth-order valence-electron chi connectivity index (χ4n) is 4.34. The second kappa shape index (κ2) is 13.5. The van der Waals surface area contributed by atoms with Crippen LogP contribution in [0.2, 0.25) is 10.0 Å². The lowest BCUT2D eigenvalue weighted by molar-refractivity contribution is -0.166. The Morgan fingerprint density at radius 3 is 2.54 bits per heavy atom. The number of aromatic nitrogens is 3. The zero-order valence-corrected chi connectivity index (χ0v) is 24.6. The van der Waals surface area contributed by atoms with E-state index in [-0.39, 0.29) is 33.2 Å². The molecule has 2 aromatic heterocycles. The molecule has 1 unspecified atom stereocenters. The molecule has 2 atom stereocenters. The molecule has 0 bridgehead atoms. The van der Waals surface area contributed by atoms with E-state index in [0.717, 1.165) is 31.5 Å². The number of piperidine rings is 1. The predicted octanol–water partition coefficient (Wildman–Crippen LogP) is 5.57. The fourth-order valence-corrected chi connectivity index (χ4v) is 5.02. The van der Waals surface area contributed by atoms with Crippen LogP contribution in [0.4, 0.5) is 10.2 Å². The van der Waals surface area contributed by atoms with Crippen molar-refractivity contribution >= 4 is 41.0 Å². The lowest BCUT2D eigenvalue weighted by atomic mass is 10.1. The van der Waals surface area contributed by atoms with Gasteiger partial charge in [-0.25, -0.2) is 14.2 Å². The maximum Gasteiger partial charge on any atom is 0.368 e. The highest BCUT2D eigenvalue weighted by Crippen LogP contribution is 2.38. The maximum atomic E-state index is 14.3. The minimum absolute atomic E-state index is 0.0713. The molecule has 13 heteroatoms. The number of anilines is 1. The number of rotatable bonds is 10. The van der Waals surface area contributed by atoms with Gasteiger partial charge in [0, 0.05) is 34.1 Å². The molecule has 3 heterocycles. The van der Waals surface area contributed by atoms with E-state index in [1.165, 1.54) is 19.2 Å². The van der Waals surface area contributed by atoms with Gasteiger partial charge >= 0.3 is 11.9 Å². The van der Waals surface area contributed by atoms with Crippen LogP contribution in [-0.2, 0) is 19.1 Å². The van der Waals surface area contributed by atoms with Crippen LogP contribution >= 0.6 is 23.2 Å². The average Bonchev–Trinajstić information content (AvgIpc) is 3.46. The van der Waals surface area contributed by atoms with E-state index in [9.17, 15) is 14.0 Å². The van der Waals surface area contributed by atoms with Crippen molar-refractivity contribution in [3.8, 4) is 16.9 Å². The lowest BCUT2D eigenvalue weighted by Crippen LogP contribution is -2.37. The number of nitrogens with one attached hydrogen (secondary N) is 2. The van der Waals surface area contributed by atoms with E-state index in [2.05, 4.69) is 20.7 Å². The normalized spacial score (nSPS) is 15.3. The molecule has 4 rings (SSSR count). The Bertz CT molecular complexity index is 1400. The predicted molar refractivity (Wildman–Crippen MR) is 152 cm³/mol. The number of hydrogen-bond donors (Lipinski definition) is 2. The molecule has 1 aliphatic rings. The minimum atomic E-state index is -1.50. The summed E-state index contributed by atoms with van der Waals surface area (Å²) in [6, 6.07) is 4.53. The number of methoxy groups -OCH3 is 1. The minimum Gasteiger partial charge on any atom is -0.482 e. The lowest BCUT2D eigenvalue weighted by Gasteiger charge is -2.23. The average molecular weight is 608 g/mol. The quantitative estimate of drug-likeness (QED) is 0.173. The Morgan fingerprint density at radius 1 is 1.12 bits per heavy atom. The fraction of sp³-hybridized carbons (Fsp3) is 0.429. The number of ether oxygens (including phenoxy) is 3. The van der Waals surface area contributed by atoms with Gasteiger partial charge in [0.25, 0.3) is 6.23 Å². The van der Waals surface area contributed by atoms with Gasteiger partial charge in [-0.05, 0) is 51.1 Å². The zero-order chi connectivity index (χ0) is 29.7. The topological polar surface area (TPSA) is 117 Å². The van der Waals surface area contributed by atoms with Crippen LogP contribution in [0.5, 0.6) is 5.75 Å². The first-order chi connectivity index (χ1) is 19.6. The van der Waals surface area contributed by atoms with Gasteiger partial charge in [-0.15, -0.1) is 0 Å². The smallest absolute Gasteiger partial charge is 0.368 e. The maximum absolute atomic E-state index is 14.3. The van der Waals surface area contributed by atoms with Gasteiger partial charge < -0.3 is 24.8 Å². The molecule has 41 heavy (non-hydrogen) atoms. The van der Waals surface area contributed by atoms with Gasteiger partial charge in [-0.2, -0.15) is 5.10 Å². The third-order valence-electron chi connectivity index (χ3n) is 6.65. The van der Waals surface area contributed by atoms with Crippen molar-refractivity contribution in [3.05, 3.63) is 58.2 Å². The van der Waals surface area contributed by atoms with Crippen LogP contribution < -0.4 is 15.4 Å². The number of nitrogens with zero attached hydrogens (tertiary/aromatic N) is 3. The molecule has 10 nitrogen and oxygen atoms in total. The molecule has 0 spiro atoms. The summed E-state index contributed by atoms with van der Waals surface area (Å²) in [7, 11) is 1.17. The van der Waals surface area contributed by atoms with Crippen molar-refractivity contribution in [1.29, 1.82) is 0 Å². The Morgan fingerprint density at radius 2 is 1.85 bits per heavy atom. The second-order valence-corrected chi connectivity index (χ2v) is 10.7. The van der Waals surface area contributed by atoms with Gasteiger partial charge in [0.05, 0.1) is 30.3 Å². The number of pyridine rings is 1. The standard InChI is InChI=1S/C28H32Cl2FN5O5/c1-15(2)27(37)41-26(28(38)39-4)35-25-22(40-16(3)23-20(29)5-6-21(31)24(23)30)11-17(12-33-25)18-13-34-36(14-18)19-7-9-32-10-8-19/h5-6,11-16,19,26,32H,7-10H2,1-4H3,(H,33,35)/t16-,26?/m1/s1. The summed E-state index contributed by atoms with van der Waals surface area (Å²) in [4.78, 5) is 29.2. The van der Waals surface area contributed by atoms with E-state index in [4.69, 9.17) is 37.4 Å². The van der Waals surface area contributed by atoms with Crippen molar-refractivity contribution in [2.75, 3.05) is 25.5 Å². The Balaban J connectivity index is 1.70. The summed E-state index contributed by atoms with van der Waals surface area (Å²) < 4.78 is 32.6. The first-order valence-corrected chi connectivity index (χ1v) is 13.9. The van der Waals surface area contributed by atoms with Crippen LogP contribution in [0.25, 0.3) is 11.1 Å².